The van der Waals surface area contributed by atoms with Crippen LogP contribution in [0.1, 0.15) is 29.4 Å². The fraction of sp³-hybridized carbons (Fsp3) is 0.233. The first-order valence-corrected chi connectivity index (χ1v) is 18.8. The highest BCUT2D eigenvalue weighted by molar-refractivity contribution is 5.91. The van der Waals surface area contributed by atoms with Crippen LogP contribution >= 0.6 is 0 Å². The smallest absolute Gasteiger partial charge is 0.427 e. The van der Waals surface area contributed by atoms with Gasteiger partial charge in [0.2, 0.25) is 18.0 Å². The average molecular weight is 784 g/mol. The number of amides is 4. The van der Waals surface area contributed by atoms with E-state index in [-0.39, 0.29) is 51.0 Å². The molecular formula is C43H40FN8O6+. The first kappa shape index (κ1) is 38.1. The van der Waals surface area contributed by atoms with E-state index in [0.29, 0.717) is 22.9 Å². The lowest BCUT2D eigenvalue weighted by Crippen LogP contribution is -2.83. The number of benzene rings is 3. The first-order chi connectivity index (χ1) is 28.1. The molecule has 2 aliphatic rings. The summed E-state index contributed by atoms with van der Waals surface area (Å²) in [4.78, 5) is 67.7. The Bertz CT molecular complexity index is 2480. The number of carbonyl (C=O) groups is 4. The maximum atomic E-state index is 14.9. The number of rotatable bonds is 10. The highest BCUT2D eigenvalue weighted by Gasteiger charge is 2.61. The minimum atomic E-state index is -0.984. The molecule has 58 heavy (non-hydrogen) atoms. The predicted molar refractivity (Wildman–Crippen MR) is 208 cm³/mol. The van der Waals surface area contributed by atoms with Crippen molar-refractivity contribution in [2.24, 2.45) is 0 Å². The first-order valence-electron chi connectivity index (χ1n) is 18.8. The van der Waals surface area contributed by atoms with E-state index in [1.165, 1.54) is 19.1 Å². The van der Waals surface area contributed by atoms with Crippen molar-refractivity contribution in [1.29, 1.82) is 0 Å². The van der Waals surface area contributed by atoms with Gasteiger partial charge in [0.15, 0.2) is 5.76 Å². The van der Waals surface area contributed by atoms with Crippen LogP contribution in [0.2, 0.25) is 0 Å². The fourth-order valence-corrected chi connectivity index (χ4v) is 7.76. The number of aromatic nitrogens is 3. The van der Waals surface area contributed by atoms with Crippen molar-refractivity contribution < 1.29 is 37.4 Å². The molecule has 3 unspecified atom stereocenters. The molecular weight excluding hydrogens is 744 g/mol. The highest BCUT2D eigenvalue weighted by Crippen LogP contribution is 2.35. The fourth-order valence-electron chi connectivity index (χ4n) is 7.76. The van der Waals surface area contributed by atoms with E-state index in [4.69, 9.17) is 9.26 Å². The topological polar surface area (TPSA) is 151 Å². The Balaban J connectivity index is 1.18. The molecule has 294 valence electrons. The van der Waals surface area contributed by atoms with Crippen LogP contribution in [-0.2, 0) is 40.4 Å². The summed E-state index contributed by atoms with van der Waals surface area (Å²) in [6.45, 7) is 1.51. The van der Waals surface area contributed by atoms with Crippen LogP contribution in [0.5, 0.6) is 5.75 Å². The number of esters is 1. The number of urea groups is 1. The Morgan fingerprint density at radius 3 is 2.48 bits per heavy atom. The van der Waals surface area contributed by atoms with Crippen molar-refractivity contribution in [1.82, 2.24) is 35.3 Å². The zero-order chi connectivity index (χ0) is 40.4. The van der Waals surface area contributed by atoms with E-state index in [9.17, 15) is 23.6 Å². The number of hydrogen-bond acceptors (Lipinski definition) is 10. The predicted octanol–water partition coefficient (Wildman–Crippen LogP) is 5.24. The minimum Gasteiger partial charge on any atom is -0.427 e. The molecule has 1 N–H and O–H groups in total. The number of ether oxygens (including phenoxy) is 1. The van der Waals surface area contributed by atoms with Gasteiger partial charge in [-0.15, -0.1) is 9.60 Å². The van der Waals surface area contributed by atoms with Crippen LogP contribution in [-0.4, -0.2) is 90.7 Å². The molecule has 14 nitrogen and oxygen atoms in total. The SMILES string of the molecule is CC(=O)Oc1ccc(CC2C(=O)N(Cc3cccc4ncccc34)CC3N2C(=O)CN(Cc2cc(-c4ccc(F)cn4)no2)[N+]3(C)C(=O)NCc2ccccc2)cc1. The number of halogens is 1. The summed E-state index contributed by atoms with van der Waals surface area (Å²) < 4.78 is 24.2. The third kappa shape index (κ3) is 7.64. The molecule has 4 amide bonds. The molecule has 3 aromatic heterocycles. The van der Waals surface area contributed by atoms with E-state index in [2.05, 4.69) is 20.4 Å². The highest BCUT2D eigenvalue weighted by atomic mass is 19.1. The second-order valence-electron chi connectivity index (χ2n) is 14.5. The van der Waals surface area contributed by atoms with Gasteiger partial charge >= 0.3 is 12.0 Å². The van der Waals surface area contributed by atoms with Crippen molar-refractivity contribution in [2.75, 3.05) is 20.1 Å². The van der Waals surface area contributed by atoms with Crippen molar-refractivity contribution in [3.05, 3.63) is 144 Å². The van der Waals surface area contributed by atoms with E-state index in [1.54, 1.807) is 58.4 Å². The number of fused-ring (bicyclic) bond motifs is 2. The Hall–Kier alpha value is -6.84. The molecule has 6 aromatic rings. The summed E-state index contributed by atoms with van der Waals surface area (Å²) >= 11 is 0. The van der Waals surface area contributed by atoms with Crippen LogP contribution in [0.4, 0.5) is 9.18 Å². The van der Waals surface area contributed by atoms with E-state index in [0.717, 1.165) is 33.8 Å². The normalized spacial score (nSPS) is 19.6. The van der Waals surface area contributed by atoms with Crippen molar-refractivity contribution in [2.45, 2.75) is 45.2 Å². The molecule has 0 saturated carbocycles. The third-order valence-electron chi connectivity index (χ3n) is 10.7. The Labute approximate surface area is 333 Å². The van der Waals surface area contributed by atoms with Gasteiger partial charge in [-0.1, -0.05) is 65.8 Å². The minimum absolute atomic E-state index is 0.00918. The van der Waals surface area contributed by atoms with Crippen molar-refractivity contribution in [3.63, 3.8) is 0 Å². The van der Waals surface area contributed by atoms with Gasteiger partial charge in [-0.3, -0.25) is 34.6 Å². The number of nitrogens with one attached hydrogen (secondary N) is 1. The molecule has 0 aliphatic carbocycles. The molecule has 8 rings (SSSR count). The molecule has 0 bridgehead atoms. The summed E-state index contributed by atoms with van der Waals surface area (Å²) in [6, 6.07) is 28.9. The van der Waals surface area contributed by atoms with Gasteiger partial charge in [0.05, 0.1) is 31.0 Å². The largest absolute Gasteiger partial charge is 0.438 e. The molecule has 15 heteroatoms. The van der Waals surface area contributed by atoms with Crippen LogP contribution in [0.3, 0.4) is 0 Å². The van der Waals surface area contributed by atoms with Gasteiger partial charge in [-0.05, 0) is 53.1 Å². The second-order valence-corrected chi connectivity index (χ2v) is 14.5. The lowest BCUT2D eigenvalue weighted by Gasteiger charge is -2.56. The van der Waals surface area contributed by atoms with Gasteiger partial charge < -0.3 is 14.2 Å². The van der Waals surface area contributed by atoms with Gasteiger partial charge in [-0.2, -0.15) is 0 Å². The van der Waals surface area contributed by atoms with Crippen LogP contribution in [0, 0.1) is 5.82 Å². The number of carbonyl (C=O) groups excluding carboxylic acids is 4. The van der Waals surface area contributed by atoms with Gasteiger partial charge in [0.25, 0.3) is 0 Å². The maximum Gasteiger partial charge on any atom is 0.438 e. The lowest BCUT2D eigenvalue weighted by molar-refractivity contribution is -0.986. The summed E-state index contributed by atoms with van der Waals surface area (Å²) in [5, 5.41) is 9.85. The van der Waals surface area contributed by atoms with Crippen molar-refractivity contribution >= 4 is 34.7 Å². The maximum absolute atomic E-state index is 14.9. The van der Waals surface area contributed by atoms with E-state index < -0.39 is 34.6 Å². The molecule has 3 atom stereocenters. The van der Waals surface area contributed by atoms with E-state index >= 15 is 0 Å². The number of pyridine rings is 2. The Kier molecular flexibility index (Phi) is 10.5. The number of quaternary nitrogens is 1. The summed E-state index contributed by atoms with van der Waals surface area (Å²) in [5.74, 6) is -0.875. The van der Waals surface area contributed by atoms with E-state index in [1.807, 2.05) is 60.7 Å². The van der Waals surface area contributed by atoms with Crippen LogP contribution in [0.25, 0.3) is 22.3 Å². The second kappa shape index (κ2) is 16.0. The zero-order valence-corrected chi connectivity index (χ0v) is 31.8. The zero-order valence-electron chi connectivity index (χ0n) is 31.8. The average Bonchev–Trinajstić information content (AvgIpc) is 3.70. The Morgan fingerprint density at radius 1 is 0.914 bits per heavy atom. The summed E-state index contributed by atoms with van der Waals surface area (Å²) in [6.07, 6.45) is 2.05. The standard InChI is InChI=1S/C43H39FN8O6/c1-28(53)57-33-16-13-29(14-17-33)20-39-42(55)49(24-31-10-6-12-36-35(31)11-7-19-45-36)26-40-51(39)41(54)27-50(52(40,2)43(56)47-22-30-8-4-3-5-9-30)25-34-21-38(48-58-34)37-18-15-32(44)23-46-37/h3-19,21,23,39-40H,20,22,24-27H2,1-2H3/p+1. The quantitative estimate of drug-likeness (QED) is 0.111. The lowest BCUT2D eigenvalue weighted by atomic mass is 9.97. The molecule has 0 spiro atoms. The molecule has 0 radical (unpaired) electrons. The number of nitrogens with zero attached hydrogens (tertiary/aromatic N) is 7. The van der Waals surface area contributed by atoms with Crippen LogP contribution in [0.15, 0.2) is 120 Å². The number of hydrogen-bond donors (Lipinski definition) is 1. The van der Waals surface area contributed by atoms with Gasteiger partial charge in [0, 0.05) is 44.1 Å². The summed E-state index contributed by atoms with van der Waals surface area (Å²) in [7, 11) is 1.74. The molecule has 2 aliphatic heterocycles. The van der Waals surface area contributed by atoms with Gasteiger partial charge in [0.1, 0.15) is 36.4 Å². The number of piperazine rings is 1. The number of likely N-dealkylation sites (N-methyl/N-ethyl adjacent to an activating group) is 1. The van der Waals surface area contributed by atoms with Crippen LogP contribution < -0.4 is 10.1 Å². The monoisotopic (exact) mass is 783 g/mol. The molecule has 2 saturated heterocycles. The van der Waals surface area contributed by atoms with Gasteiger partial charge in [-0.25, -0.2) is 9.18 Å². The molecule has 5 heterocycles. The third-order valence-corrected chi connectivity index (χ3v) is 10.7. The molecule has 3 aromatic carbocycles. The van der Waals surface area contributed by atoms with Crippen molar-refractivity contribution in [3.8, 4) is 17.1 Å². The Morgan fingerprint density at radius 2 is 1.72 bits per heavy atom. The molecule has 2 fully saturated rings. The summed E-state index contributed by atoms with van der Waals surface area (Å²) in [5.41, 5.74) is 4.00.